The lowest BCUT2D eigenvalue weighted by atomic mass is 10.1. The molecule has 1 heterocycles. The van der Waals surface area contributed by atoms with E-state index in [4.69, 9.17) is 9.15 Å². The summed E-state index contributed by atoms with van der Waals surface area (Å²) in [7, 11) is 0. The maximum Gasteiger partial charge on any atom is 0.200 e. The third kappa shape index (κ3) is 4.34. The summed E-state index contributed by atoms with van der Waals surface area (Å²) >= 11 is 0. The normalized spacial score (nSPS) is 11.5. The number of carbonyl (C=O) groups is 1. The summed E-state index contributed by atoms with van der Waals surface area (Å²) in [5.74, 6) is 1.19. The Balaban J connectivity index is 1.97. The summed E-state index contributed by atoms with van der Waals surface area (Å²) in [6.07, 6.45) is 0.957. The average Bonchev–Trinajstić information content (AvgIpc) is 2.88. The van der Waals surface area contributed by atoms with E-state index in [0.29, 0.717) is 18.4 Å². The first kappa shape index (κ1) is 16.6. The lowest BCUT2D eigenvalue weighted by molar-refractivity contribution is 0.0913. The summed E-state index contributed by atoms with van der Waals surface area (Å²) in [5, 5.41) is 4.26. The minimum Gasteiger partial charge on any atom is -0.494 e. The van der Waals surface area contributed by atoms with Crippen LogP contribution >= 0.6 is 0 Å². The molecule has 0 aliphatic carbocycles. The largest absolute Gasteiger partial charge is 0.494 e. The Morgan fingerprint density at radius 1 is 1.23 bits per heavy atom. The number of hydrogen-bond donors (Lipinski definition) is 1. The summed E-state index contributed by atoms with van der Waals surface area (Å²) in [6.45, 7) is 9.61. The summed E-state index contributed by atoms with van der Waals surface area (Å²) in [6, 6.07) is 7.95. The first-order valence-corrected chi connectivity index (χ1v) is 7.91. The van der Waals surface area contributed by atoms with Gasteiger partial charge in [0.2, 0.25) is 5.78 Å². The molecular weight excluding hydrogens is 278 g/mol. The van der Waals surface area contributed by atoms with E-state index in [2.05, 4.69) is 19.2 Å². The topological polar surface area (TPSA) is 51.5 Å². The molecule has 22 heavy (non-hydrogen) atoms. The monoisotopic (exact) mass is 303 g/mol. The molecule has 0 atom stereocenters. The second-order valence-electron chi connectivity index (χ2n) is 6.14. The number of ether oxygens (including phenoxy) is 1. The zero-order valence-electron chi connectivity index (χ0n) is 13.8. The molecule has 4 nitrogen and oxygen atoms in total. The molecule has 4 heteroatoms. The van der Waals surface area contributed by atoms with E-state index in [1.165, 1.54) is 0 Å². The highest BCUT2D eigenvalue weighted by molar-refractivity contribution is 5.98. The van der Waals surface area contributed by atoms with E-state index in [9.17, 15) is 4.79 Å². The number of benzene rings is 1. The first-order valence-electron chi connectivity index (χ1n) is 7.91. The quantitative estimate of drug-likeness (QED) is 0.590. The van der Waals surface area contributed by atoms with Crippen molar-refractivity contribution in [1.82, 2.24) is 5.32 Å². The molecule has 1 aromatic carbocycles. The minimum absolute atomic E-state index is 0.0263. The Morgan fingerprint density at radius 2 is 2.00 bits per heavy atom. The highest BCUT2D eigenvalue weighted by Crippen LogP contribution is 2.25. The number of hydrogen-bond acceptors (Lipinski definition) is 4. The van der Waals surface area contributed by atoms with Gasteiger partial charge in [-0.15, -0.1) is 0 Å². The van der Waals surface area contributed by atoms with E-state index in [-0.39, 0.29) is 11.7 Å². The maximum atomic E-state index is 12.0. The second kappa shape index (κ2) is 7.45. The molecule has 1 aromatic heterocycles. The van der Waals surface area contributed by atoms with E-state index in [1.807, 2.05) is 32.0 Å². The predicted molar refractivity (Wildman–Crippen MR) is 88.6 cm³/mol. The molecule has 0 amide bonds. The second-order valence-corrected chi connectivity index (χ2v) is 6.14. The lowest BCUT2D eigenvalue weighted by Crippen LogP contribution is -2.24. The van der Waals surface area contributed by atoms with Crippen molar-refractivity contribution in [1.29, 1.82) is 0 Å². The Hall–Kier alpha value is -1.81. The van der Waals surface area contributed by atoms with Gasteiger partial charge in [0, 0.05) is 17.3 Å². The van der Waals surface area contributed by atoms with Gasteiger partial charge in [-0.3, -0.25) is 4.79 Å². The standard InChI is InChI=1S/C18H25NO3/c1-12(2)18(20)17-11-14-10-15(6-7-16(14)22-17)21-9-5-8-19-13(3)4/h6-7,10-13,19H,5,8-9H2,1-4H3. The molecule has 0 radical (unpaired) electrons. The Labute approximate surface area is 131 Å². The Kier molecular flexibility index (Phi) is 5.61. The third-order valence-electron chi connectivity index (χ3n) is 3.40. The highest BCUT2D eigenvalue weighted by Gasteiger charge is 2.15. The van der Waals surface area contributed by atoms with Crippen LogP contribution in [0.4, 0.5) is 0 Å². The molecule has 2 aromatic rings. The van der Waals surface area contributed by atoms with Gasteiger partial charge in [0.25, 0.3) is 0 Å². The van der Waals surface area contributed by atoms with Crippen molar-refractivity contribution in [2.45, 2.75) is 40.2 Å². The molecule has 0 fully saturated rings. The van der Waals surface area contributed by atoms with Gasteiger partial charge in [-0.25, -0.2) is 0 Å². The molecule has 0 saturated heterocycles. The third-order valence-corrected chi connectivity index (χ3v) is 3.40. The Bertz CT molecular complexity index is 628. The molecule has 2 rings (SSSR count). The SMILES string of the molecule is CC(C)NCCCOc1ccc2oc(C(=O)C(C)C)cc2c1. The molecule has 120 valence electrons. The molecular formula is C18H25NO3. The smallest absolute Gasteiger partial charge is 0.200 e. The van der Waals surface area contributed by atoms with Crippen LogP contribution in [-0.4, -0.2) is 25.0 Å². The zero-order valence-corrected chi connectivity index (χ0v) is 13.8. The number of nitrogens with one attached hydrogen (secondary N) is 1. The van der Waals surface area contributed by atoms with Crippen molar-refractivity contribution in [3.8, 4) is 5.75 Å². The molecule has 0 saturated carbocycles. The van der Waals surface area contributed by atoms with Crippen LogP contribution in [0.2, 0.25) is 0 Å². The van der Waals surface area contributed by atoms with Crippen LogP contribution in [0.3, 0.4) is 0 Å². The fraction of sp³-hybridized carbons (Fsp3) is 0.500. The van der Waals surface area contributed by atoms with Gasteiger partial charge < -0.3 is 14.5 Å². The highest BCUT2D eigenvalue weighted by atomic mass is 16.5. The predicted octanol–water partition coefficient (Wildman–Crippen LogP) is 4.04. The number of carbonyl (C=O) groups excluding carboxylic acids is 1. The van der Waals surface area contributed by atoms with Gasteiger partial charge in [-0.1, -0.05) is 27.7 Å². The van der Waals surface area contributed by atoms with Crippen molar-refractivity contribution >= 4 is 16.8 Å². The van der Waals surface area contributed by atoms with Crippen molar-refractivity contribution < 1.29 is 13.9 Å². The van der Waals surface area contributed by atoms with Crippen molar-refractivity contribution in [3.63, 3.8) is 0 Å². The fourth-order valence-electron chi connectivity index (χ4n) is 2.17. The lowest BCUT2D eigenvalue weighted by Gasteiger charge is -2.09. The van der Waals surface area contributed by atoms with Crippen LogP contribution in [0.15, 0.2) is 28.7 Å². The van der Waals surface area contributed by atoms with Gasteiger partial charge in [-0.2, -0.15) is 0 Å². The van der Waals surface area contributed by atoms with Gasteiger partial charge in [0.15, 0.2) is 5.76 Å². The summed E-state index contributed by atoms with van der Waals surface area (Å²) in [4.78, 5) is 12.0. The maximum absolute atomic E-state index is 12.0. The van der Waals surface area contributed by atoms with Crippen LogP contribution in [0.25, 0.3) is 11.0 Å². The van der Waals surface area contributed by atoms with E-state index < -0.39 is 0 Å². The molecule has 0 spiro atoms. The zero-order chi connectivity index (χ0) is 16.1. The molecule has 0 unspecified atom stereocenters. The average molecular weight is 303 g/mol. The number of rotatable bonds is 8. The number of furan rings is 1. The van der Waals surface area contributed by atoms with Gasteiger partial charge in [0.1, 0.15) is 11.3 Å². The number of fused-ring (bicyclic) bond motifs is 1. The summed E-state index contributed by atoms with van der Waals surface area (Å²) in [5.41, 5.74) is 0.720. The first-order chi connectivity index (χ1) is 10.5. The van der Waals surface area contributed by atoms with Crippen molar-refractivity contribution in [3.05, 3.63) is 30.0 Å². The molecule has 0 aliphatic heterocycles. The molecule has 1 N–H and O–H groups in total. The molecule has 0 aliphatic rings. The van der Waals surface area contributed by atoms with Crippen LogP contribution in [0.5, 0.6) is 5.75 Å². The number of Topliss-reactive ketones (excluding diaryl/α,β-unsaturated/α-hetero) is 1. The van der Waals surface area contributed by atoms with Crippen molar-refractivity contribution in [2.75, 3.05) is 13.2 Å². The fourth-order valence-corrected chi connectivity index (χ4v) is 2.17. The van der Waals surface area contributed by atoms with Gasteiger partial charge >= 0.3 is 0 Å². The van der Waals surface area contributed by atoms with E-state index in [0.717, 1.165) is 29.7 Å². The van der Waals surface area contributed by atoms with Crippen molar-refractivity contribution in [2.24, 2.45) is 5.92 Å². The van der Waals surface area contributed by atoms with Gasteiger partial charge in [-0.05, 0) is 37.2 Å². The minimum atomic E-state index is -0.0651. The summed E-state index contributed by atoms with van der Waals surface area (Å²) < 4.78 is 11.3. The van der Waals surface area contributed by atoms with E-state index >= 15 is 0 Å². The van der Waals surface area contributed by atoms with Crippen LogP contribution in [0, 0.1) is 5.92 Å². The van der Waals surface area contributed by atoms with E-state index in [1.54, 1.807) is 6.07 Å². The Morgan fingerprint density at radius 3 is 2.68 bits per heavy atom. The van der Waals surface area contributed by atoms with Crippen LogP contribution < -0.4 is 10.1 Å². The number of ketones is 1. The van der Waals surface area contributed by atoms with Crippen LogP contribution in [-0.2, 0) is 0 Å². The molecule has 0 bridgehead atoms. The van der Waals surface area contributed by atoms with Gasteiger partial charge in [0.05, 0.1) is 6.61 Å². The van der Waals surface area contributed by atoms with Crippen LogP contribution in [0.1, 0.15) is 44.7 Å².